The van der Waals surface area contributed by atoms with Crippen molar-refractivity contribution in [1.29, 1.82) is 0 Å². The molecule has 2 N–H and O–H groups in total. The maximum absolute atomic E-state index is 9.51. The van der Waals surface area contributed by atoms with Crippen molar-refractivity contribution in [1.82, 2.24) is 5.32 Å². The topological polar surface area (TPSA) is 32.3 Å². The minimum absolute atomic E-state index is 0.0479. The first-order chi connectivity index (χ1) is 7.91. The second-order valence-corrected chi connectivity index (χ2v) is 5.54. The van der Waals surface area contributed by atoms with Crippen LogP contribution in [0.15, 0.2) is 30.3 Å². The first kappa shape index (κ1) is 14.2. The monoisotopic (exact) mass is 235 g/mol. The summed E-state index contributed by atoms with van der Waals surface area (Å²) in [6.07, 6.45) is 1.81. The van der Waals surface area contributed by atoms with Gasteiger partial charge >= 0.3 is 0 Å². The summed E-state index contributed by atoms with van der Waals surface area (Å²) >= 11 is 0. The highest BCUT2D eigenvalue weighted by molar-refractivity contribution is 5.15. The summed E-state index contributed by atoms with van der Waals surface area (Å²) < 4.78 is 0. The van der Waals surface area contributed by atoms with Crippen LogP contribution in [0.25, 0.3) is 0 Å². The Labute approximate surface area is 105 Å². The van der Waals surface area contributed by atoms with Crippen LogP contribution in [0.5, 0.6) is 0 Å². The summed E-state index contributed by atoms with van der Waals surface area (Å²) in [5.74, 6) is 0. The van der Waals surface area contributed by atoms with E-state index in [0.29, 0.717) is 0 Å². The Hall–Kier alpha value is -0.860. The Bertz CT molecular complexity index is 319. The van der Waals surface area contributed by atoms with E-state index in [4.69, 9.17) is 0 Å². The summed E-state index contributed by atoms with van der Waals surface area (Å²) in [5.41, 5.74) is 1.42. The summed E-state index contributed by atoms with van der Waals surface area (Å²) in [7, 11) is 0. The van der Waals surface area contributed by atoms with Gasteiger partial charge in [-0.3, -0.25) is 0 Å². The molecule has 0 fully saturated rings. The summed E-state index contributed by atoms with van der Waals surface area (Å²) in [5, 5.41) is 13.0. The molecule has 1 aromatic carbocycles. The van der Waals surface area contributed by atoms with Gasteiger partial charge in [0.1, 0.15) is 0 Å². The molecule has 0 amide bonds. The normalized spacial score (nSPS) is 15.6. The van der Waals surface area contributed by atoms with E-state index in [-0.39, 0.29) is 17.7 Å². The molecule has 2 nitrogen and oxygen atoms in total. The third-order valence-corrected chi connectivity index (χ3v) is 3.22. The average Bonchev–Trinajstić information content (AvgIpc) is 2.27. The first-order valence-corrected chi connectivity index (χ1v) is 6.40. The van der Waals surface area contributed by atoms with Gasteiger partial charge in [-0.15, -0.1) is 0 Å². The third kappa shape index (κ3) is 5.33. The minimum Gasteiger partial charge on any atom is -0.392 e. The lowest BCUT2D eigenvalue weighted by atomic mass is 9.94. The lowest BCUT2D eigenvalue weighted by Crippen LogP contribution is -2.49. The molecule has 2 atom stereocenters. The molecule has 2 unspecified atom stereocenters. The number of nitrogens with one attached hydrogen (secondary N) is 1. The summed E-state index contributed by atoms with van der Waals surface area (Å²) in [4.78, 5) is 0. The van der Waals surface area contributed by atoms with E-state index in [9.17, 15) is 5.11 Å². The van der Waals surface area contributed by atoms with Crippen LogP contribution in [0, 0.1) is 0 Å². The molecule has 17 heavy (non-hydrogen) atoms. The molecular formula is C15H25NO. The van der Waals surface area contributed by atoms with Gasteiger partial charge in [-0.25, -0.2) is 0 Å². The number of hydrogen-bond donors (Lipinski definition) is 2. The third-order valence-electron chi connectivity index (χ3n) is 3.22. The van der Waals surface area contributed by atoms with E-state index in [1.807, 2.05) is 19.9 Å². The SMILES string of the molecule is CC(O)C(C)NC(C)(C)CCc1ccccc1. The largest absolute Gasteiger partial charge is 0.392 e. The van der Waals surface area contributed by atoms with Gasteiger partial charge in [0.05, 0.1) is 6.10 Å². The lowest BCUT2D eigenvalue weighted by molar-refractivity contribution is 0.132. The van der Waals surface area contributed by atoms with Crippen LogP contribution in [-0.4, -0.2) is 22.8 Å². The zero-order valence-corrected chi connectivity index (χ0v) is 11.4. The number of aliphatic hydroxyl groups is 1. The van der Waals surface area contributed by atoms with Crippen molar-refractivity contribution in [3.63, 3.8) is 0 Å². The zero-order valence-electron chi connectivity index (χ0n) is 11.4. The molecule has 0 radical (unpaired) electrons. The molecule has 0 bridgehead atoms. The van der Waals surface area contributed by atoms with Gasteiger partial charge < -0.3 is 10.4 Å². The maximum Gasteiger partial charge on any atom is 0.0662 e. The Kier molecular flexibility index (Phi) is 5.16. The number of aliphatic hydroxyl groups excluding tert-OH is 1. The Morgan fingerprint density at radius 2 is 1.76 bits per heavy atom. The predicted octanol–water partition coefficient (Wildman–Crippen LogP) is 2.76. The molecular weight excluding hydrogens is 210 g/mol. The van der Waals surface area contributed by atoms with E-state index in [1.54, 1.807) is 0 Å². The Morgan fingerprint density at radius 1 is 1.18 bits per heavy atom. The van der Waals surface area contributed by atoms with Crippen LogP contribution in [0.3, 0.4) is 0 Å². The van der Waals surface area contributed by atoms with E-state index in [2.05, 4.69) is 43.4 Å². The first-order valence-electron chi connectivity index (χ1n) is 6.40. The van der Waals surface area contributed by atoms with Crippen LogP contribution in [0.2, 0.25) is 0 Å². The van der Waals surface area contributed by atoms with E-state index < -0.39 is 0 Å². The van der Waals surface area contributed by atoms with Gasteiger partial charge in [-0.1, -0.05) is 30.3 Å². The van der Waals surface area contributed by atoms with Gasteiger partial charge in [0.2, 0.25) is 0 Å². The van der Waals surface area contributed by atoms with Crippen molar-refractivity contribution in [3.05, 3.63) is 35.9 Å². The van der Waals surface area contributed by atoms with E-state index in [1.165, 1.54) is 5.56 Å². The van der Waals surface area contributed by atoms with Crippen molar-refractivity contribution in [2.24, 2.45) is 0 Å². The van der Waals surface area contributed by atoms with Crippen LogP contribution in [0.4, 0.5) is 0 Å². The molecule has 0 aliphatic heterocycles. The van der Waals surface area contributed by atoms with Gasteiger partial charge in [-0.2, -0.15) is 0 Å². The van der Waals surface area contributed by atoms with Gasteiger partial charge in [-0.05, 0) is 46.1 Å². The average molecular weight is 235 g/mol. The van der Waals surface area contributed by atoms with Gasteiger partial charge in [0, 0.05) is 11.6 Å². The molecule has 0 spiro atoms. The van der Waals surface area contributed by atoms with Crippen molar-refractivity contribution < 1.29 is 5.11 Å². The van der Waals surface area contributed by atoms with Crippen molar-refractivity contribution in [3.8, 4) is 0 Å². The fourth-order valence-corrected chi connectivity index (χ4v) is 1.91. The summed E-state index contributed by atoms with van der Waals surface area (Å²) in [6, 6.07) is 10.6. The molecule has 0 aliphatic carbocycles. The summed E-state index contributed by atoms with van der Waals surface area (Å²) in [6.45, 7) is 8.23. The van der Waals surface area contributed by atoms with Gasteiger partial charge in [0.15, 0.2) is 0 Å². The van der Waals surface area contributed by atoms with Crippen molar-refractivity contribution >= 4 is 0 Å². The van der Waals surface area contributed by atoms with Gasteiger partial charge in [0.25, 0.3) is 0 Å². The standard InChI is InChI=1S/C15H25NO/c1-12(13(2)17)16-15(3,4)11-10-14-8-6-5-7-9-14/h5-9,12-13,16-17H,10-11H2,1-4H3. The quantitative estimate of drug-likeness (QED) is 0.794. The molecule has 0 heterocycles. The van der Waals surface area contributed by atoms with Crippen LogP contribution in [0.1, 0.15) is 39.7 Å². The van der Waals surface area contributed by atoms with E-state index >= 15 is 0 Å². The van der Waals surface area contributed by atoms with Crippen molar-refractivity contribution in [2.45, 2.75) is 58.2 Å². The molecule has 1 aromatic rings. The molecule has 0 saturated carbocycles. The molecule has 1 rings (SSSR count). The minimum atomic E-state index is -0.314. The molecule has 0 aromatic heterocycles. The number of benzene rings is 1. The highest BCUT2D eigenvalue weighted by atomic mass is 16.3. The van der Waals surface area contributed by atoms with E-state index in [0.717, 1.165) is 12.8 Å². The molecule has 2 heteroatoms. The van der Waals surface area contributed by atoms with Crippen LogP contribution >= 0.6 is 0 Å². The highest BCUT2D eigenvalue weighted by Crippen LogP contribution is 2.15. The second kappa shape index (κ2) is 6.18. The molecule has 0 saturated heterocycles. The number of hydrogen-bond acceptors (Lipinski definition) is 2. The fraction of sp³-hybridized carbons (Fsp3) is 0.600. The molecule has 96 valence electrons. The Morgan fingerprint density at radius 3 is 2.29 bits per heavy atom. The van der Waals surface area contributed by atoms with Crippen LogP contribution in [-0.2, 0) is 6.42 Å². The van der Waals surface area contributed by atoms with Crippen molar-refractivity contribution in [2.75, 3.05) is 0 Å². The second-order valence-electron chi connectivity index (χ2n) is 5.54. The predicted molar refractivity (Wildman–Crippen MR) is 73.1 cm³/mol. The number of aryl methyl sites for hydroxylation is 1. The Balaban J connectivity index is 2.44. The highest BCUT2D eigenvalue weighted by Gasteiger charge is 2.21. The zero-order chi connectivity index (χ0) is 12.9. The number of rotatable bonds is 6. The lowest BCUT2D eigenvalue weighted by Gasteiger charge is -2.31. The molecule has 0 aliphatic rings. The van der Waals surface area contributed by atoms with Crippen LogP contribution < -0.4 is 5.32 Å². The maximum atomic E-state index is 9.51. The smallest absolute Gasteiger partial charge is 0.0662 e. The fourth-order valence-electron chi connectivity index (χ4n) is 1.91.